The maximum atomic E-state index is 12.4. The molecule has 188 valence electrons. The van der Waals surface area contributed by atoms with Crippen molar-refractivity contribution in [3.63, 3.8) is 0 Å². The number of nitrogens with one attached hydrogen (secondary N) is 3. The van der Waals surface area contributed by atoms with Crippen molar-refractivity contribution in [1.29, 1.82) is 0 Å². The number of carbonyl (C=O) groups is 3. The lowest BCUT2D eigenvalue weighted by Gasteiger charge is -2.15. The van der Waals surface area contributed by atoms with E-state index in [0.717, 1.165) is 38.7 Å². The molecule has 0 spiro atoms. The number of H-pyrrole nitrogens is 1. The third-order valence-corrected chi connectivity index (χ3v) is 6.70. The maximum absolute atomic E-state index is 12.4. The van der Waals surface area contributed by atoms with Crippen LogP contribution in [0.15, 0.2) is 79.0 Å². The molecule has 0 saturated heterocycles. The second-order valence-electron chi connectivity index (χ2n) is 9.02. The summed E-state index contributed by atoms with van der Waals surface area (Å²) in [7, 11) is 0. The van der Waals surface area contributed by atoms with Gasteiger partial charge < -0.3 is 25.5 Å². The molecule has 1 aromatic heterocycles. The van der Waals surface area contributed by atoms with Crippen LogP contribution in [0.3, 0.4) is 0 Å². The first-order chi connectivity index (χ1) is 18.0. The SMILES string of the molecule is O=C(CCNC(=O)OCC1c2ccccc2-c2ccccc21)N[C@@H](Cc1c[nH]c2ccccc12)C(=O)O. The van der Waals surface area contributed by atoms with Crippen LogP contribution in [0.25, 0.3) is 22.0 Å². The largest absolute Gasteiger partial charge is 0.480 e. The van der Waals surface area contributed by atoms with Gasteiger partial charge in [0.2, 0.25) is 5.91 Å². The fraction of sp³-hybridized carbons (Fsp3) is 0.207. The lowest BCUT2D eigenvalue weighted by atomic mass is 9.98. The van der Waals surface area contributed by atoms with Gasteiger partial charge in [-0.3, -0.25) is 4.79 Å². The van der Waals surface area contributed by atoms with Crippen molar-refractivity contribution in [3.8, 4) is 11.1 Å². The Kier molecular flexibility index (Phi) is 6.89. The first-order valence-corrected chi connectivity index (χ1v) is 12.2. The summed E-state index contributed by atoms with van der Waals surface area (Å²) in [5.41, 5.74) is 6.23. The molecular formula is C29H27N3O5. The van der Waals surface area contributed by atoms with E-state index in [4.69, 9.17) is 4.74 Å². The van der Waals surface area contributed by atoms with E-state index >= 15 is 0 Å². The fourth-order valence-corrected chi connectivity index (χ4v) is 4.91. The molecule has 8 nitrogen and oxygen atoms in total. The Labute approximate surface area is 213 Å². The van der Waals surface area contributed by atoms with Crippen LogP contribution in [-0.4, -0.2) is 47.3 Å². The zero-order valence-corrected chi connectivity index (χ0v) is 20.1. The second kappa shape index (κ2) is 10.6. The molecule has 0 bridgehead atoms. The van der Waals surface area contributed by atoms with E-state index in [2.05, 4.69) is 27.8 Å². The van der Waals surface area contributed by atoms with Crippen molar-refractivity contribution in [2.75, 3.05) is 13.2 Å². The number of amides is 2. The smallest absolute Gasteiger partial charge is 0.407 e. The van der Waals surface area contributed by atoms with Gasteiger partial charge in [-0.2, -0.15) is 0 Å². The number of rotatable bonds is 9. The van der Waals surface area contributed by atoms with Crippen molar-refractivity contribution in [2.24, 2.45) is 0 Å². The molecule has 0 aliphatic heterocycles. The van der Waals surface area contributed by atoms with Gasteiger partial charge in [0, 0.05) is 42.4 Å². The minimum atomic E-state index is -1.12. The van der Waals surface area contributed by atoms with Crippen molar-refractivity contribution in [3.05, 3.63) is 95.7 Å². The fourth-order valence-electron chi connectivity index (χ4n) is 4.91. The molecule has 0 radical (unpaired) electrons. The summed E-state index contributed by atoms with van der Waals surface area (Å²) >= 11 is 0. The standard InChI is InChI=1S/C29H27N3O5/c33-27(32-26(28(34)35)15-18-16-31-25-12-6-5-7-19(18)25)13-14-30-29(36)37-17-24-22-10-3-1-8-20(22)21-9-2-4-11-23(21)24/h1-12,16,24,26,31H,13-15,17H2,(H,30,36)(H,32,33)(H,34,35)/t26-/m0/s1. The molecule has 0 fully saturated rings. The molecule has 8 heteroatoms. The Morgan fingerprint density at radius 3 is 2.27 bits per heavy atom. The zero-order chi connectivity index (χ0) is 25.8. The molecule has 5 rings (SSSR count). The van der Waals surface area contributed by atoms with Crippen LogP contribution in [0.4, 0.5) is 4.79 Å². The average Bonchev–Trinajstić information content (AvgIpc) is 3.46. The molecule has 2 amide bonds. The molecule has 0 saturated carbocycles. The Morgan fingerprint density at radius 1 is 0.919 bits per heavy atom. The molecular weight excluding hydrogens is 470 g/mol. The van der Waals surface area contributed by atoms with Crippen LogP contribution >= 0.6 is 0 Å². The number of carboxylic acids is 1. The lowest BCUT2D eigenvalue weighted by Crippen LogP contribution is -2.43. The van der Waals surface area contributed by atoms with E-state index in [0.29, 0.717) is 0 Å². The van der Waals surface area contributed by atoms with Gasteiger partial charge in [-0.1, -0.05) is 66.7 Å². The number of aliphatic carboxylic acids is 1. The number of alkyl carbamates (subject to hydrolysis) is 1. The van der Waals surface area contributed by atoms with Crippen LogP contribution < -0.4 is 10.6 Å². The highest BCUT2D eigenvalue weighted by Crippen LogP contribution is 2.44. The number of carbonyl (C=O) groups excluding carboxylic acids is 2. The Hall–Kier alpha value is -4.59. The third kappa shape index (κ3) is 5.18. The predicted molar refractivity (Wildman–Crippen MR) is 139 cm³/mol. The van der Waals surface area contributed by atoms with Crippen molar-refractivity contribution in [2.45, 2.75) is 24.8 Å². The summed E-state index contributed by atoms with van der Waals surface area (Å²) in [6, 6.07) is 22.6. The molecule has 1 atom stereocenters. The minimum Gasteiger partial charge on any atom is -0.480 e. The third-order valence-electron chi connectivity index (χ3n) is 6.70. The summed E-state index contributed by atoms with van der Waals surface area (Å²) in [4.78, 5) is 39.6. The number of fused-ring (bicyclic) bond motifs is 4. The number of hydrogen-bond acceptors (Lipinski definition) is 4. The van der Waals surface area contributed by atoms with Crippen LogP contribution in [0.1, 0.15) is 29.0 Å². The summed E-state index contributed by atoms with van der Waals surface area (Å²) in [6.45, 7) is 0.208. The number of hydrogen-bond donors (Lipinski definition) is 4. The highest BCUT2D eigenvalue weighted by atomic mass is 16.5. The Bertz CT molecular complexity index is 1420. The number of para-hydroxylation sites is 1. The number of carboxylic acid groups (broad SMARTS) is 1. The molecule has 1 aliphatic carbocycles. The zero-order valence-electron chi connectivity index (χ0n) is 20.1. The van der Waals surface area contributed by atoms with Gasteiger partial charge in [0.15, 0.2) is 0 Å². The highest BCUT2D eigenvalue weighted by molar-refractivity contribution is 5.87. The van der Waals surface area contributed by atoms with Crippen molar-refractivity contribution >= 4 is 28.9 Å². The summed E-state index contributed by atoms with van der Waals surface area (Å²) in [5.74, 6) is -1.64. The molecule has 37 heavy (non-hydrogen) atoms. The van der Waals surface area contributed by atoms with Gasteiger partial charge in [-0.15, -0.1) is 0 Å². The lowest BCUT2D eigenvalue weighted by molar-refractivity contribution is -0.141. The van der Waals surface area contributed by atoms with E-state index in [-0.39, 0.29) is 31.9 Å². The predicted octanol–water partition coefficient (Wildman–Crippen LogP) is 4.21. The topological polar surface area (TPSA) is 121 Å². The van der Waals surface area contributed by atoms with Gasteiger partial charge in [0.05, 0.1) is 0 Å². The number of ether oxygens (including phenoxy) is 1. The first kappa shape index (κ1) is 24.1. The quantitative estimate of drug-likeness (QED) is 0.276. The minimum absolute atomic E-state index is 0.0297. The molecule has 0 unspecified atom stereocenters. The van der Waals surface area contributed by atoms with Gasteiger partial charge in [0.1, 0.15) is 12.6 Å². The van der Waals surface area contributed by atoms with Crippen molar-refractivity contribution < 1.29 is 24.2 Å². The highest BCUT2D eigenvalue weighted by Gasteiger charge is 2.29. The van der Waals surface area contributed by atoms with E-state index in [9.17, 15) is 19.5 Å². The van der Waals surface area contributed by atoms with E-state index in [1.165, 1.54) is 0 Å². The maximum Gasteiger partial charge on any atom is 0.407 e. The van der Waals surface area contributed by atoms with E-state index < -0.39 is 24.0 Å². The van der Waals surface area contributed by atoms with Gasteiger partial charge in [-0.25, -0.2) is 9.59 Å². The van der Waals surface area contributed by atoms with E-state index in [1.54, 1.807) is 6.20 Å². The first-order valence-electron chi connectivity index (χ1n) is 12.2. The monoisotopic (exact) mass is 497 g/mol. The van der Waals surface area contributed by atoms with Gasteiger partial charge in [-0.05, 0) is 33.9 Å². The Morgan fingerprint density at radius 2 is 1.57 bits per heavy atom. The number of aromatic amines is 1. The van der Waals surface area contributed by atoms with E-state index in [1.807, 2.05) is 60.7 Å². The van der Waals surface area contributed by atoms with Crippen LogP contribution in [0.2, 0.25) is 0 Å². The van der Waals surface area contributed by atoms with Crippen LogP contribution in [-0.2, 0) is 20.7 Å². The average molecular weight is 498 g/mol. The Balaban J connectivity index is 1.10. The number of benzene rings is 3. The molecule has 4 N–H and O–H groups in total. The van der Waals surface area contributed by atoms with Gasteiger partial charge in [0.25, 0.3) is 0 Å². The van der Waals surface area contributed by atoms with Crippen LogP contribution in [0, 0.1) is 0 Å². The summed E-state index contributed by atoms with van der Waals surface area (Å²) in [5, 5.41) is 15.7. The molecule has 4 aromatic rings. The second-order valence-corrected chi connectivity index (χ2v) is 9.02. The van der Waals surface area contributed by atoms with Crippen molar-refractivity contribution in [1.82, 2.24) is 15.6 Å². The van der Waals surface area contributed by atoms with Crippen LogP contribution in [0.5, 0.6) is 0 Å². The molecule has 1 heterocycles. The normalized spacial score (nSPS) is 13.0. The number of aromatic nitrogens is 1. The summed E-state index contributed by atoms with van der Waals surface area (Å²) in [6.07, 6.45) is 1.21. The summed E-state index contributed by atoms with van der Waals surface area (Å²) < 4.78 is 5.47. The molecule has 1 aliphatic rings. The van der Waals surface area contributed by atoms with Gasteiger partial charge >= 0.3 is 12.1 Å². The molecule has 3 aromatic carbocycles.